The molecule has 2 amide bonds. The summed E-state index contributed by atoms with van der Waals surface area (Å²) in [4.78, 5) is 28.2. The predicted molar refractivity (Wildman–Crippen MR) is 90.1 cm³/mol. The lowest BCUT2D eigenvalue weighted by atomic mass is 10.0. The summed E-state index contributed by atoms with van der Waals surface area (Å²) in [6.45, 7) is 2.22. The number of aromatic nitrogens is 2. The van der Waals surface area contributed by atoms with Gasteiger partial charge in [-0.15, -0.1) is 0 Å². The predicted octanol–water partition coefficient (Wildman–Crippen LogP) is 1.58. The molecule has 3 rings (SSSR count). The molecule has 0 bridgehead atoms. The second-order valence-corrected chi connectivity index (χ2v) is 6.17. The summed E-state index contributed by atoms with van der Waals surface area (Å²) in [5.41, 5.74) is 0.934. The molecule has 2 heterocycles. The molecule has 1 aromatic carbocycles. The molecule has 2 aromatic rings. The van der Waals surface area contributed by atoms with E-state index in [1.807, 2.05) is 36.5 Å². The minimum atomic E-state index is -0.309. The summed E-state index contributed by atoms with van der Waals surface area (Å²) in [5.74, 6) is 0.879. The molecular formula is C18H22N4O2. The van der Waals surface area contributed by atoms with E-state index in [-0.39, 0.29) is 30.3 Å². The van der Waals surface area contributed by atoms with E-state index in [4.69, 9.17) is 0 Å². The number of fused-ring (bicyclic) bond motifs is 1. The van der Waals surface area contributed by atoms with Crippen LogP contribution >= 0.6 is 0 Å². The lowest BCUT2D eigenvalue weighted by Crippen LogP contribution is -2.42. The Balaban J connectivity index is 1.60. The molecule has 2 unspecified atom stereocenters. The molecular weight excluding hydrogens is 304 g/mol. The van der Waals surface area contributed by atoms with E-state index in [0.717, 1.165) is 30.8 Å². The van der Waals surface area contributed by atoms with Crippen LogP contribution in [0.1, 0.15) is 37.2 Å². The number of hydrogen-bond donors (Lipinski definition) is 2. The van der Waals surface area contributed by atoms with Gasteiger partial charge in [-0.3, -0.25) is 9.59 Å². The molecule has 0 aliphatic carbocycles. The monoisotopic (exact) mass is 326 g/mol. The molecule has 0 saturated heterocycles. The number of nitrogens with one attached hydrogen (secondary N) is 2. The number of carbonyl (C=O) groups excluding carboxylic acids is 2. The minimum absolute atomic E-state index is 0.0498. The van der Waals surface area contributed by atoms with E-state index in [1.165, 1.54) is 6.92 Å². The van der Waals surface area contributed by atoms with Crippen molar-refractivity contribution < 1.29 is 9.59 Å². The summed E-state index contributed by atoms with van der Waals surface area (Å²) >= 11 is 0. The number of amides is 2. The first-order valence-corrected chi connectivity index (χ1v) is 8.23. The SMILES string of the molecule is CC(=O)NC(CC(=O)NC1CCc2nccn2C1)c1ccccc1. The van der Waals surface area contributed by atoms with Crippen LogP contribution < -0.4 is 10.6 Å². The van der Waals surface area contributed by atoms with E-state index >= 15 is 0 Å². The largest absolute Gasteiger partial charge is 0.351 e. The molecule has 0 radical (unpaired) electrons. The Hall–Kier alpha value is -2.63. The zero-order chi connectivity index (χ0) is 16.9. The van der Waals surface area contributed by atoms with Crippen LogP contribution in [0.2, 0.25) is 0 Å². The number of benzene rings is 1. The molecule has 24 heavy (non-hydrogen) atoms. The highest BCUT2D eigenvalue weighted by Gasteiger charge is 2.22. The molecule has 1 aromatic heterocycles. The standard InChI is InChI=1S/C18H22N4O2/c1-13(23)20-16(14-5-3-2-4-6-14)11-18(24)21-15-7-8-17-19-9-10-22(17)12-15/h2-6,9-10,15-16H,7-8,11-12H2,1H3,(H,20,23)(H,21,24). The van der Waals surface area contributed by atoms with Gasteiger partial charge in [0, 0.05) is 38.3 Å². The Bertz CT molecular complexity index is 711. The van der Waals surface area contributed by atoms with E-state index in [0.29, 0.717) is 0 Å². The van der Waals surface area contributed by atoms with Gasteiger partial charge in [0.15, 0.2) is 0 Å². The maximum absolute atomic E-state index is 12.4. The van der Waals surface area contributed by atoms with Crippen LogP contribution in [0.4, 0.5) is 0 Å². The Morgan fingerprint density at radius 3 is 2.88 bits per heavy atom. The van der Waals surface area contributed by atoms with Gasteiger partial charge in [0.05, 0.1) is 12.5 Å². The molecule has 1 aliphatic rings. The highest BCUT2D eigenvalue weighted by atomic mass is 16.2. The van der Waals surface area contributed by atoms with Crippen molar-refractivity contribution in [2.24, 2.45) is 0 Å². The fourth-order valence-electron chi connectivity index (χ4n) is 3.14. The number of aryl methyl sites for hydroxylation is 1. The second kappa shape index (κ2) is 7.29. The molecule has 6 nitrogen and oxygen atoms in total. The van der Waals surface area contributed by atoms with Gasteiger partial charge in [0.1, 0.15) is 5.82 Å². The summed E-state index contributed by atoms with van der Waals surface area (Å²) in [6.07, 6.45) is 5.72. The molecule has 126 valence electrons. The van der Waals surface area contributed by atoms with Gasteiger partial charge in [0.25, 0.3) is 0 Å². The van der Waals surface area contributed by atoms with Gasteiger partial charge in [-0.1, -0.05) is 30.3 Å². The molecule has 2 atom stereocenters. The molecule has 0 saturated carbocycles. The number of imidazole rings is 1. The van der Waals surface area contributed by atoms with Crippen LogP contribution in [0.25, 0.3) is 0 Å². The first-order valence-electron chi connectivity index (χ1n) is 8.23. The first-order chi connectivity index (χ1) is 11.6. The Morgan fingerprint density at radius 1 is 1.33 bits per heavy atom. The zero-order valence-corrected chi connectivity index (χ0v) is 13.7. The van der Waals surface area contributed by atoms with Crippen molar-refractivity contribution in [3.63, 3.8) is 0 Å². The van der Waals surface area contributed by atoms with E-state index in [1.54, 1.807) is 6.20 Å². The van der Waals surface area contributed by atoms with Crippen LogP contribution in [-0.4, -0.2) is 27.4 Å². The third-order valence-electron chi connectivity index (χ3n) is 4.27. The van der Waals surface area contributed by atoms with Crippen molar-refractivity contribution in [1.29, 1.82) is 0 Å². The number of hydrogen-bond acceptors (Lipinski definition) is 3. The summed E-state index contributed by atoms with van der Waals surface area (Å²) in [7, 11) is 0. The maximum atomic E-state index is 12.4. The number of carbonyl (C=O) groups is 2. The van der Waals surface area contributed by atoms with Crippen molar-refractivity contribution in [2.75, 3.05) is 0 Å². The van der Waals surface area contributed by atoms with E-state index in [2.05, 4.69) is 20.2 Å². The number of rotatable bonds is 5. The van der Waals surface area contributed by atoms with Crippen LogP contribution in [-0.2, 0) is 22.6 Å². The third kappa shape index (κ3) is 4.01. The van der Waals surface area contributed by atoms with Crippen molar-refractivity contribution in [2.45, 2.75) is 44.8 Å². The summed E-state index contributed by atoms with van der Waals surface area (Å²) in [5, 5.41) is 5.95. The van der Waals surface area contributed by atoms with Crippen molar-refractivity contribution in [3.05, 3.63) is 54.1 Å². The van der Waals surface area contributed by atoms with Gasteiger partial charge in [-0.25, -0.2) is 4.98 Å². The van der Waals surface area contributed by atoms with Crippen molar-refractivity contribution in [3.8, 4) is 0 Å². The minimum Gasteiger partial charge on any atom is -0.351 e. The highest BCUT2D eigenvalue weighted by molar-refractivity contribution is 5.79. The molecule has 1 aliphatic heterocycles. The van der Waals surface area contributed by atoms with E-state index < -0.39 is 0 Å². The lowest BCUT2D eigenvalue weighted by Gasteiger charge is -2.26. The Kier molecular flexibility index (Phi) is 4.93. The quantitative estimate of drug-likeness (QED) is 0.876. The Labute approximate surface area is 141 Å². The fraction of sp³-hybridized carbons (Fsp3) is 0.389. The smallest absolute Gasteiger partial charge is 0.222 e. The molecule has 0 spiro atoms. The average Bonchev–Trinajstić information content (AvgIpc) is 3.02. The Morgan fingerprint density at radius 2 is 2.12 bits per heavy atom. The van der Waals surface area contributed by atoms with Crippen LogP contribution in [0.15, 0.2) is 42.7 Å². The highest BCUT2D eigenvalue weighted by Crippen LogP contribution is 2.18. The second-order valence-electron chi connectivity index (χ2n) is 6.17. The van der Waals surface area contributed by atoms with E-state index in [9.17, 15) is 9.59 Å². The first kappa shape index (κ1) is 16.2. The fourth-order valence-corrected chi connectivity index (χ4v) is 3.14. The van der Waals surface area contributed by atoms with Gasteiger partial charge in [0.2, 0.25) is 11.8 Å². The van der Waals surface area contributed by atoms with Crippen molar-refractivity contribution >= 4 is 11.8 Å². The zero-order valence-electron chi connectivity index (χ0n) is 13.7. The molecule has 2 N–H and O–H groups in total. The summed E-state index contributed by atoms with van der Waals surface area (Å²) < 4.78 is 2.08. The third-order valence-corrected chi connectivity index (χ3v) is 4.27. The van der Waals surface area contributed by atoms with Gasteiger partial charge in [-0.2, -0.15) is 0 Å². The van der Waals surface area contributed by atoms with Gasteiger partial charge in [-0.05, 0) is 12.0 Å². The van der Waals surface area contributed by atoms with Gasteiger partial charge >= 0.3 is 0 Å². The lowest BCUT2D eigenvalue weighted by molar-refractivity contribution is -0.123. The molecule has 0 fully saturated rings. The number of nitrogens with zero attached hydrogens (tertiary/aromatic N) is 2. The molecule has 6 heteroatoms. The average molecular weight is 326 g/mol. The topological polar surface area (TPSA) is 76.0 Å². The van der Waals surface area contributed by atoms with Crippen LogP contribution in [0, 0.1) is 0 Å². The van der Waals surface area contributed by atoms with Crippen LogP contribution in [0.5, 0.6) is 0 Å². The normalized spacial score (nSPS) is 17.6. The maximum Gasteiger partial charge on any atom is 0.222 e. The van der Waals surface area contributed by atoms with Crippen molar-refractivity contribution in [1.82, 2.24) is 20.2 Å². The summed E-state index contributed by atoms with van der Waals surface area (Å²) in [6, 6.07) is 9.37. The van der Waals surface area contributed by atoms with Gasteiger partial charge < -0.3 is 15.2 Å². The van der Waals surface area contributed by atoms with Crippen LogP contribution in [0.3, 0.4) is 0 Å².